The Morgan fingerprint density at radius 2 is 1.96 bits per heavy atom. The highest BCUT2D eigenvalue weighted by Gasteiger charge is 2.23. The number of hydrogen-bond donors (Lipinski definition) is 1. The molecule has 1 amide bonds. The summed E-state index contributed by atoms with van der Waals surface area (Å²) < 4.78 is 10.8. The Morgan fingerprint density at radius 3 is 2.64 bits per heavy atom. The molecule has 0 fully saturated rings. The van der Waals surface area contributed by atoms with E-state index in [0.29, 0.717) is 23.1 Å². The summed E-state index contributed by atoms with van der Waals surface area (Å²) in [6.07, 6.45) is 1.59. The topological polar surface area (TPSA) is 77.3 Å². The molecule has 0 spiro atoms. The van der Waals surface area contributed by atoms with Crippen molar-refractivity contribution in [3.05, 3.63) is 65.7 Å². The monoisotopic (exact) mass is 337 g/mol. The number of carbonyl (C=O) groups is 1. The first kappa shape index (κ1) is 16.7. The van der Waals surface area contributed by atoms with Crippen LogP contribution in [0.3, 0.4) is 0 Å². The summed E-state index contributed by atoms with van der Waals surface area (Å²) >= 11 is 0. The van der Waals surface area contributed by atoms with Crippen molar-refractivity contribution in [2.45, 2.75) is 26.7 Å². The molecule has 0 saturated heterocycles. The SMILES string of the molecule is Cc1noc(C)c1[C@@H](C)C(=O)Nc1ccnc(Oc2ccccc2)c1. The molecule has 0 aliphatic heterocycles. The molecule has 3 rings (SSSR count). The number of hydrogen-bond acceptors (Lipinski definition) is 5. The molecule has 0 unspecified atom stereocenters. The number of aromatic nitrogens is 2. The maximum atomic E-state index is 12.5. The molecule has 128 valence electrons. The Morgan fingerprint density at radius 1 is 1.20 bits per heavy atom. The predicted octanol–water partition coefficient (Wildman–Crippen LogP) is 4.22. The van der Waals surface area contributed by atoms with Crippen LogP contribution < -0.4 is 10.1 Å². The molecule has 0 saturated carbocycles. The van der Waals surface area contributed by atoms with Crippen LogP contribution in [-0.2, 0) is 4.79 Å². The van der Waals surface area contributed by atoms with Gasteiger partial charge in [0.15, 0.2) is 0 Å². The van der Waals surface area contributed by atoms with E-state index in [9.17, 15) is 4.79 Å². The van der Waals surface area contributed by atoms with Crippen LogP contribution in [0.1, 0.15) is 29.9 Å². The minimum absolute atomic E-state index is 0.147. The Bertz CT molecular complexity index is 855. The summed E-state index contributed by atoms with van der Waals surface area (Å²) in [6.45, 7) is 5.45. The van der Waals surface area contributed by atoms with Gasteiger partial charge in [-0.1, -0.05) is 23.4 Å². The van der Waals surface area contributed by atoms with Crippen molar-refractivity contribution < 1.29 is 14.1 Å². The number of nitrogens with zero attached hydrogens (tertiary/aromatic N) is 2. The van der Waals surface area contributed by atoms with Crippen LogP contribution in [0.4, 0.5) is 5.69 Å². The van der Waals surface area contributed by atoms with Gasteiger partial charge in [0.2, 0.25) is 11.8 Å². The number of pyridine rings is 1. The van der Waals surface area contributed by atoms with Gasteiger partial charge >= 0.3 is 0 Å². The zero-order valence-electron chi connectivity index (χ0n) is 14.3. The van der Waals surface area contributed by atoms with Gasteiger partial charge in [0.05, 0.1) is 11.6 Å². The fraction of sp³-hybridized carbons (Fsp3) is 0.211. The van der Waals surface area contributed by atoms with Crippen LogP contribution in [0.25, 0.3) is 0 Å². The summed E-state index contributed by atoms with van der Waals surface area (Å²) in [7, 11) is 0. The molecular weight excluding hydrogens is 318 g/mol. The van der Waals surface area contributed by atoms with E-state index < -0.39 is 0 Å². The molecule has 25 heavy (non-hydrogen) atoms. The first-order valence-electron chi connectivity index (χ1n) is 7.97. The van der Waals surface area contributed by atoms with Gasteiger partial charge < -0.3 is 14.6 Å². The van der Waals surface area contributed by atoms with Gasteiger partial charge in [0, 0.05) is 23.5 Å². The van der Waals surface area contributed by atoms with Gasteiger partial charge in [0.1, 0.15) is 11.5 Å². The summed E-state index contributed by atoms with van der Waals surface area (Å²) in [6, 6.07) is 12.8. The largest absolute Gasteiger partial charge is 0.439 e. The second-order valence-corrected chi connectivity index (χ2v) is 5.75. The van der Waals surface area contributed by atoms with Gasteiger partial charge in [-0.2, -0.15) is 0 Å². The van der Waals surface area contributed by atoms with E-state index in [1.165, 1.54) is 0 Å². The standard InChI is InChI=1S/C19H19N3O3/c1-12(18-13(2)22-25-14(18)3)19(23)21-15-9-10-20-17(11-15)24-16-7-5-4-6-8-16/h4-12H,1-3H3,(H,20,21,23)/t12-/m1/s1. The van der Waals surface area contributed by atoms with Crippen LogP contribution in [0.5, 0.6) is 11.6 Å². The molecule has 0 aliphatic carbocycles. The molecule has 2 aromatic heterocycles. The van der Waals surface area contributed by atoms with Crippen molar-refractivity contribution in [1.29, 1.82) is 0 Å². The minimum Gasteiger partial charge on any atom is -0.439 e. The number of nitrogens with one attached hydrogen (secondary N) is 1. The molecule has 0 aliphatic rings. The number of amides is 1. The van der Waals surface area contributed by atoms with Gasteiger partial charge in [-0.25, -0.2) is 4.98 Å². The van der Waals surface area contributed by atoms with Gasteiger partial charge in [-0.3, -0.25) is 4.79 Å². The van der Waals surface area contributed by atoms with Crippen molar-refractivity contribution in [3.63, 3.8) is 0 Å². The van der Waals surface area contributed by atoms with Gasteiger partial charge in [-0.05, 0) is 39.0 Å². The van der Waals surface area contributed by atoms with Crippen LogP contribution >= 0.6 is 0 Å². The van der Waals surface area contributed by atoms with E-state index in [2.05, 4.69) is 15.5 Å². The quantitative estimate of drug-likeness (QED) is 0.754. The zero-order valence-corrected chi connectivity index (χ0v) is 14.3. The Hall–Kier alpha value is -3.15. The van der Waals surface area contributed by atoms with Crippen LogP contribution in [0.2, 0.25) is 0 Å². The maximum Gasteiger partial charge on any atom is 0.231 e. The Labute approximate surface area is 145 Å². The highest BCUT2D eigenvalue weighted by Crippen LogP contribution is 2.26. The maximum absolute atomic E-state index is 12.5. The lowest BCUT2D eigenvalue weighted by Crippen LogP contribution is -2.19. The second kappa shape index (κ2) is 7.17. The van der Waals surface area contributed by atoms with E-state index in [0.717, 1.165) is 11.3 Å². The number of ether oxygens (including phenoxy) is 1. The van der Waals surface area contributed by atoms with E-state index in [-0.39, 0.29) is 11.8 Å². The molecule has 0 bridgehead atoms. The van der Waals surface area contributed by atoms with Crippen molar-refractivity contribution in [3.8, 4) is 11.6 Å². The summed E-state index contributed by atoms with van der Waals surface area (Å²) in [5, 5.41) is 6.78. The normalized spacial score (nSPS) is 11.8. The first-order valence-corrected chi connectivity index (χ1v) is 7.97. The highest BCUT2D eigenvalue weighted by atomic mass is 16.5. The number of carbonyl (C=O) groups excluding carboxylic acids is 1. The molecular formula is C19H19N3O3. The molecule has 6 nitrogen and oxygen atoms in total. The molecule has 6 heteroatoms. The van der Waals surface area contributed by atoms with Crippen LogP contribution in [0.15, 0.2) is 53.2 Å². The third-order valence-corrected chi connectivity index (χ3v) is 3.88. The summed E-state index contributed by atoms with van der Waals surface area (Å²) in [5.41, 5.74) is 2.15. The number of anilines is 1. The Balaban J connectivity index is 1.72. The van der Waals surface area contributed by atoms with E-state index in [4.69, 9.17) is 9.26 Å². The third kappa shape index (κ3) is 3.85. The number of para-hydroxylation sites is 1. The average Bonchev–Trinajstić information content (AvgIpc) is 2.94. The van der Waals surface area contributed by atoms with Gasteiger partial charge in [-0.15, -0.1) is 0 Å². The number of rotatable bonds is 5. The van der Waals surface area contributed by atoms with Crippen molar-refractivity contribution in [2.24, 2.45) is 0 Å². The number of aryl methyl sites for hydroxylation is 2. The lowest BCUT2D eigenvalue weighted by molar-refractivity contribution is -0.117. The molecule has 1 N–H and O–H groups in total. The molecule has 3 aromatic rings. The summed E-state index contributed by atoms with van der Waals surface area (Å²) in [4.78, 5) is 16.7. The molecule has 0 radical (unpaired) electrons. The second-order valence-electron chi connectivity index (χ2n) is 5.75. The summed E-state index contributed by atoms with van der Waals surface area (Å²) in [5.74, 6) is 1.23. The van der Waals surface area contributed by atoms with Crippen LogP contribution in [-0.4, -0.2) is 16.0 Å². The van der Waals surface area contributed by atoms with E-state index >= 15 is 0 Å². The molecule has 1 atom stereocenters. The van der Waals surface area contributed by atoms with E-state index in [1.807, 2.05) is 44.2 Å². The fourth-order valence-electron chi connectivity index (χ4n) is 2.64. The highest BCUT2D eigenvalue weighted by molar-refractivity contribution is 5.95. The van der Waals surface area contributed by atoms with Crippen molar-refractivity contribution in [2.75, 3.05) is 5.32 Å². The number of benzene rings is 1. The smallest absolute Gasteiger partial charge is 0.231 e. The Kier molecular flexibility index (Phi) is 4.79. The molecule has 1 aromatic carbocycles. The third-order valence-electron chi connectivity index (χ3n) is 3.88. The zero-order chi connectivity index (χ0) is 17.8. The average molecular weight is 337 g/mol. The minimum atomic E-state index is -0.377. The van der Waals surface area contributed by atoms with Crippen molar-refractivity contribution in [1.82, 2.24) is 10.1 Å². The fourth-order valence-corrected chi connectivity index (χ4v) is 2.64. The lowest BCUT2D eigenvalue weighted by Gasteiger charge is -2.12. The first-order chi connectivity index (χ1) is 12.0. The molecule has 2 heterocycles. The van der Waals surface area contributed by atoms with E-state index in [1.54, 1.807) is 25.3 Å². The van der Waals surface area contributed by atoms with Crippen molar-refractivity contribution >= 4 is 11.6 Å². The predicted molar refractivity (Wildman–Crippen MR) is 93.8 cm³/mol. The van der Waals surface area contributed by atoms with Gasteiger partial charge in [0.25, 0.3) is 0 Å². The van der Waals surface area contributed by atoms with Crippen LogP contribution in [0, 0.1) is 13.8 Å². The lowest BCUT2D eigenvalue weighted by atomic mass is 9.98.